The lowest BCUT2D eigenvalue weighted by Gasteiger charge is -1.98. The van der Waals surface area contributed by atoms with E-state index < -0.39 is 0 Å². The predicted molar refractivity (Wildman–Crippen MR) is 72.1 cm³/mol. The fourth-order valence-electron chi connectivity index (χ4n) is 1.83. The van der Waals surface area contributed by atoms with E-state index in [9.17, 15) is 0 Å². The Hall–Kier alpha value is -1.19. The van der Waals surface area contributed by atoms with Gasteiger partial charge in [0.05, 0.1) is 0 Å². The second kappa shape index (κ2) is 4.59. The van der Waals surface area contributed by atoms with E-state index in [0.717, 1.165) is 17.6 Å². The van der Waals surface area contributed by atoms with Crippen LogP contribution < -0.4 is 5.32 Å². The quantitative estimate of drug-likeness (QED) is 0.892. The lowest BCUT2D eigenvalue weighted by Crippen LogP contribution is -2.14. The summed E-state index contributed by atoms with van der Waals surface area (Å²) < 4.78 is 0. The maximum Gasteiger partial charge on any atom is 0.123 e. The smallest absolute Gasteiger partial charge is 0.123 e. The molecule has 0 amide bonds. The van der Waals surface area contributed by atoms with E-state index in [-0.39, 0.29) is 0 Å². The Labute approximate surface area is 106 Å². The monoisotopic (exact) mass is 244 g/mol. The number of aromatic nitrogens is 1. The van der Waals surface area contributed by atoms with Crippen molar-refractivity contribution in [3.8, 4) is 10.6 Å². The maximum atomic E-state index is 4.50. The Morgan fingerprint density at radius 3 is 3.06 bits per heavy atom. The van der Waals surface area contributed by atoms with Gasteiger partial charge in [-0.25, -0.2) is 4.98 Å². The number of thiazole rings is 1. The largest absolute Gasteiger partial charge is 0.309 e. The summed E-state index contributed by atoms with van der Waals surface area (Å²) in [6.07, 6.45) is 4.67. The average Bonchev–Trinajstić information content (AvgIpc) is 3.04. The molecule has 3 rings (SSSR count). The van der Waals surface area contributed by atoms with Crippen LogP contribution in [-0.4, -0.2) is 11.0 Å². The molecule has 1 aromatic heterocycles. The van der Waals surface area contributed by atoms with E-state index in [1.807, 2.05) is 6.20 Å². The van der Waals surface area contributed by atoms with E-state index >= 15 is 0 Å². The predicted octanol–water partition coefficient (Wildman–Crippen LogP) is 3.37. The summed E-state index contributed by atoms with van der Waals surface area (Å²) >= 11 is 1.79. The van der Waals surface area contributed by atoms with Crippen LogP contribution in [0.1, 0.15) is 23.3 Å². The third kappa shape index (κ3) is 2.73. The third-order valence-corrected chi connectivity index (χ3v) is 4.01. The highest BCUT2D eigenvalue weighted by molar-refractivity contribution is 7.15. The summed E-state index contributed by atoms with van der Waals surface area (Å²) in [4.78, 5) is 5.83. The minimum atomic E-state index is 0.763. The third-order valence-electron chi connectivity index (χ3n) is 2.96. The van der Waals surface area contributed by atoms with E-state index in [2.05, 4.69) is 41.5 Å². The summed E-state index contributed by atoms with van der Waals surface area (Å²) in [5.74, 6) is 0. The standard InChI is InChI=1S/C14H16N2S/c1-10-3-2-4-11(7-10)14-16-9-13(17-14)8-15-12-5-6-12/h2-4,7,9,12,15H,5-6,8H2,1H3. The van der Waals surface area contributed by atoms with Gasteiger partial charge in [0.1, 0.15) is 5.01 Å². The summed E-state index contributed by atoms with van der Waals surface area (Å²) in [6.45, 7) is 3.08. The second-order valence-electron chi connectivity index (χ2n) is 4.66. The first-order chi connectivity index (χ1) is 8.31. The lowest BCUT2D eigenvalue weighted by molar-refractivity contribution is 0.694. The van der Waals surface area contributed by atoms with E-state index in [4.69, 9.17) is 0 Å². The van der Waals surface area contributed by atoms with Gasteiger partial charge in [0.25, 0.3) is 0 Å². The highest BCUT2D eigenvalue weighted by Crippen LogP contribution is 2.26. The molecule has 0 aliphatic heterocycles. The van der Waals surface area contributed by atoms with Gasteiger partial charge < -0.3 is 5.32 Å². The topological polar surface area (TPSA) is 24.9 Å². The molecular formula is C14H16N2S. The molecule has 3 heteroatoms. The van der Waals surface area contributed by atoms with Crippen molar-refractivity contribution >= 4 is 11.3 Å². The van der Waals surface area contributed by atoms with Gasteiger partial charge in [-0.05, 0) is 25.8 Å². The fourth-order valence-corrected chi connectivity index (χ4v) is 2.69. The zero-order valence-electron chi connectivity index (χ0n) is 9.94. The molecule has 0 spiro atoms. The Kier molecular flexibility index (Phi) is 2.95. The maximum absolute atomic E-state index is 4.50. The minimum Gasteiger partial charge on any atom is -0.309 e. The molecule has 1 fully saturated rings. The van der Waals surface area contributed by atoms with Crippen LogP contribution in [0.3, 0.4) is 0 Å². The molecule has 1 aromatic carbocycles. The minimum absolute atomic E-state index is 0.763. The number of nitrogens with zero attached hydrogens (tertiary/aromatic N) is 1. The highest BCUT2D eigenvalue weighted by atomic mass is 32.1. The van der Waals surface area contributed by atoms with E-state index in [1.54, 1.807) is 11.3 Å². The molecule has 1 saturated carbocycles. The number of aryl methyl sites for hydroxylation is 1. The van der Waals surface area contributed by atoms with Crippen molar-refractivity contribution in [2.24, 2.45) is 0 Å². The first kappa shape index (κ1) is 10.9. The van der Waals surface area contributed by atoms with Gasteiger partial charge >= 0.3 is 0 Å². The van der Waals surface area contributed by atoms with Crippen LogP contribution in [0.15, 0.2) is 30.5 Å². The first-order valence-corrected chi connectivity index (χ1v) is 6.88. The zero-order chi connectivity index (χ0) is 11.7. The van der Waals surface area contributed by atoms with Crippen LogP contribution in [0.5, 0.6) is 0 Å². The number of benzene rings is 1. The van der Waals surface area contributed by atoms with Crippen LogP contribution >= 0.6 is 11.3 Å². The van der Waals surface area contributed by atoms with Gasteiger partial charge in [0.15, 0.2) is 0 Å². The Morgan fingerprint density at radius 1 is 1.41 bits per heavy atom. The van der Waals surface area contributed by atoms with Crippen LogP contribution in [0.2, 0.25) is 0 Å². The summed E-state index contributed by atoms with van der Waals surface area (Å²) in [6, 6.07) is 9.29. The van der Waals surface area contributed by atoms with Gasteiger partial charge in [-0.3, -0.25) is 0 Å². The zero-order valence-corrected chi connectivity index (χ0v) is 10.8. The first-order valence-electron chi connectivity index (χ1n) is 6.06. The molecule has 0 unspecified atom stereocenters. The number of hydrogen-bond acceptors (Lipinski definition) is 3. The molecule has 0 radical (unpaired) electrons. The summed E-state index contributed by atoms with van der Waals surface area (Å²) in [5.41, 5.74) is 2.52. The molecule has 2 nitrogen and oxygen atoms in total. The molecule has 0 atom stereocenters. The van der Waals surface area contributed by atoms with Crippen molar-refractivity contribution in [1.82, 2.24) is 10.3 Å². The van der Waals surface area contributed by atoms with E-state index in [1.165, 1.54) is 28.8 Å². The van der Waals surface area contributed by atoms with Crippen molar-refractivity contribution in [3.05, 3.63) is 40.9 Å². The normalized spacial score (nSPS) is 15.1. The summed E-state index contributed by atoms with van der Waals surface area (Å²) in [7, 11) is 0. The van der Waals surface area contributed by atoms with Crippen molar-refractivity contribution in [2.45, 2.75) is 32.4 Å². The van der Waals surface area contributed by atoms with Crippen LogP contribution in [0, 0.1) is 6.92 Å². The van der Waals surface area contributed by atoms with Gasteiger partial charge in [0, 0.05) is 29.2 Å². The van der Waals surface area contributed by atoms with Crippen LogP contribution in [0.25, 0.3) is 10.6 Å². The SMILES string of the molecule is Cc1cccc(-c2ncc(CNC3CC3)s2)c1. The fraction of sp³-hybridized carbons (Fsp3) is 0.357. The van der Waals surface area contributed by atoms with Crippen LogP contribution in [-0.2, 0) is 6.54 Å². The highest BCUT2D eigenvalue weighted by Gasteiger charge is 2.20. The van der Waals surface area contributed by atoms with E-state index in [0.29, 0.717) is 0 Å². The number of nitrogens with one attached hydrogen (secondary N) is 1. The van der Waals surface area contributed by atoms with Crippen molar-refractivity contribution in [1.29, 1.82) is 0 Å². The molecular weight excluding hydrogens is 228 g/mol. The van der Waals surface area contributed by atoms with Gasteiger partial charge in [-0.15, -0.1) is 11.3 Å². The summed E-state index contributed by atoms with van der Waals surface area (Å²) in [5, 5.41) is 4.65. The van der Waals surface area contributed by atoms with Crippen molar-refractivity contribution in [3.63, 3.8) is 0 Å². The van der Waals surface area contributed by atoms with Gasteiger partial charge in [0.2, 0.25) is 0 Å². The van der Waals surface area contributed by atoms with Crippen molar-refractivity contribution < 1.29 is 0 Å². The Bertz CT molecular complexity index is 514. The molecule has 88 valence electrons. The molecule has 2 aromatic rings. The molecule has 0 bridgehead atoms. The van der Waals surface area contributed by atoms with Crippen LogP contribution in [0.4, 0.5) is 0 Å². The molecule has 1 heterocycles. The Balaban J connectivity index is 1.74. The van der Waals surface area contributed by atoms with Gasteiger partial charge in [-0.1, -0.05) is 23.8 Å². The lowest BCUT2D eigenvalue weighted by atomic mass is 10.1. The van der Waals surface area contributed by atoms with Crippen molar-refractivity contribution in [2.75, 3.05) is 0 Å². The molecule has 1 N–H and O–H groups in total. The molecule has 1 aliphatic carbocycles. The molecule has 17 heavy (non-hydrogen) atoms. The van der Waals surface area contributed by atoms with Gasteiger partial charge in [-0.2, -0.15) is 0 Å². The molecule has 1 aliphatic rings. The Morgan fingerprint density at radius 2 is 2.29 bits per heavy atom. The molecule has 0 saturated heterocycles. The second-order valence-corrected chi connectivity index (χ2v) is 5.77. The number of hydrogen-bond donors (Lipinski definition) is 1. The number of rotatable bonds is 4. The average molecular weight is 244 g/mol.